The van der Waals surface area contributed by atoms with Crippen molar-refractivity contribution in [2.75, 3.05) is 20.1 Å². The normalized spacial score (nSPS) is 20.8. The zero-order chi connectivity index (χ0) is 22.1. The number of H-pyrrole nitrogens is 1. The highest BCUT2D eigenvalue weighted by Crippen LogP contribution is 2.33. The Bertz CT molecular complexity index is 744. The van der Waals surface area contributed by atoms with E-state index in [1.165, 1.54) is 58.0 Å². The lowest BCUT2D eigenvalue weighted by atomic mass is 9.85. The van der Waals surface area contributed by atoms with E-state index in [-0.39, 0.29) is 0 Å². The summed E-state index contributed by atoms with van der Waals surface area (Å²) >= 11 is 0. The molecule has 2 fully saturated rings. The van der Waals surface area contributed by atoms with Crippen molar-refractivity contribution in [3.63, 3.8) is 0 Å². The molecular weight excluding hydrogens is 397 g/mol. The van der Waals surface area contributed by atoms with Gasteiger partial charge in [0.2, 0.25) is 0 Å². The summed E-state index contributed by atoms with van der Waals surface area (Å²) < 4.78 is 32.1. The van der Waals surface area contributed by atoms with Crippen molar-refractivity contribution in [3.8, 4) is 0 Å². The van der Waals surface area contributed by atoms with Crippen molar-refractivity contribution < 1.29 is 18.0 Å². The first kappa shape index (κ1) is 23.8. The van der Waals surface area contributed by atoms with E-state index in [0.717, 1.165) is 22.8 Å². The molecule has 3 heterocycles. The van der Waals surface area contributed by atoms with Crippen molar-refractivity contribution in [2.45, 2.75) is 51.1 Å². The summed E-state index contributed by atoms with van der Waals surface area (Å²) in [5.41, 5.74) is 13.3. The molecule has 6 N–H and O–H groups in total. The van der Waals surface area contributed by atoms with E-state index in [1.54, 1.807) is 6.34 Å². The van der Waals surface area contributed by atoms with Crippen LogP contribution < -0.4 is 16.8 Å². The number of alkyl halides is 3. The second-order valence-corrected chi connectivity index (χ2v) is 7.68. The van der Waals surface area contributed by atoms with Crippen LogP contribution in [0.15, 0.2) is 23.0 Å². The number of fused-ring (bicyclic) bond motifs is 1. The van der Waals surface area contributed by atoms with Gasteiger partial charge in [-0.15, -0.1) is 0 Å². The number of halogens is 3. The van der Waals surface area contributed by atoms with Crippen LogP contribution in [0.5, 0.6) is 0 Å². The van der Waals surface area contributed by atoms with Gasteiger partial charge in [-0.3, -0.25) is 4.79 Å². The number of hydrogen-bond donors (Lipinski definition) is 4. The molecule has 0 bridgehead atoms. The zero-order valence-corrected chi connectivity index (χ0v) is 17.3. The number of hydrogen-bond acceptors (Lipinski definition) is 5. The lowest BCUT2D eigenvalue weighted by Crippen LogP contribution is -2.30. The number of allylic oxidation sites excluding steroid dienone is 1. The van der Waals surface area contributed by atoms with Crippen LogP contribution in [0.4, 0.5) is 19.0 Å². The Morgan fingerprint density at radius 2 is 1.73 bits per heavy atom. The van der Waals surface area contributed by atoms with Crippen molar-refractivity contribution in [2.24, 2.45) is 22.4 Å². The molecule has 0 aromatic carbocycles. The number of likely N-dealkylation sites (tertiary alicyclic amines) is 1. The average Bonchev–Trinajstić information content (AvgIpc) is 3.39. The highest BCUT2D eigenvalue weighted by atomic mass is 19.4. The maximum absolute atomic E-state index is 10.7. The minimum Gasteiger partial charge on any atom is -0.400 e. The molecule has 1 saturated heterocycles. The predicted molar refractivity (Wildman–Crippen MR) is 112 cm³/mol. The molecule has 2 aliphatic heterocycles. The summed E-state index contributed by atoms with van der Waals surface area (Å²) in [5.74, 6) is -0.828. The zero-order valence-electron chi connectivity index (χ0n) is 17.3. The van der Waals surface area contributed by atoms with Gasteiger partial charge >= 0.3 is 12.1 Å². The lowest BCUT2D eigenvalue weighted by molar-refractivity contribution is -0.169. The highest BCUT2D eigenvalue weighted by molar-refractivity contribution is 5.87. The fourth-order valence-electron chi connectivity index (χ4n) is 3.64. The molecule has 7 nitrogen and oxygen atoms in total. The number of aliphatic imine (C=N–C) groups is 1. The van der Waals surface area contributed by atoms with Gasteiger partial charge in [0.25, 0.3) is 0 Å². The SMILES string of the molecule is CN1CCCC1.N/C(=C1\NC=Nc2[nH]ccc21)C1CCCCC1.NC(=O)C(F)(F)F. The second-order valence-electron chi connectivity index (χ2n) is 7.68. The van der Waals surface area contributed by atoms with Gasteiger partial charge in [0.15, 0.2) is 0 Å². The smallest absolute Gasteiger partial charge is 0.400 e. The quantitative estimate of drug-likeness (QED) is 0.550. The third-order valence-corrected chi connectivity index (χ3v) is 5.34. The average molecular weight is 429 g/mol. The number of rotatable bonds is 1. The molecule has 0 unspecified atom stereocenters. The molecule has 1 aromatic rings. The van der Waals surface area contributed by atoms with Crippen molar-refractivity contribution >= 4 is 23.8 Å². The van der Waals surface area contributed by atoms with Crippen LogP contribution in [-0.2, 0) is 4.79 Å². The van der Waals surface area contributed by atoms with Gasteiger partial charge in [-0.05, 0) is 51.9 Å². The minimum atomic E-state index is -4.86. The molecule has 10 heteroatoms. The number of carbonyl (C=O) groups is 1. The number of amides is 1. The van der Waals surface area contributed by atoms with Gasteiger partial charge in [0, 0.05) is 23.4 Å². The third-order valence-electron chi connectivity index (χ3n) is 5.34. The van der Waals surface area contributed by atoms with Gasteiger partial charge in [-0.2, -0.15) is 13.2 Å². The molecule has 3 aliphatic rings. The number of primary amides is 1. The van der Waals surface area contributed by atoms with Crippen molar-refractivity contribution in [3.05, 3.63) is 23.5 Å². The Morgan fingerprint density at radius 3 is 2.23 bits per heavy atom. The number of aromatic nitrogens is 1. The summed E-state index contributed by atoms with van der Waals surface area (Å²) in [6.45, 7) is 2.64. The van der Waals surface area contributed by atoms with Gasteiger partial charge in [0.05, 0.1) is 12.0 Å². The first-order chi connectivity index (χ1) is 14.2. The molecule has 168 valence electrons. The van der Waals surface area contributed by atoms with Crippen LogP contribution in [0.2, 0.25) is 0 Å². The second kappa shape index (κ2) is 11.1. The van der Waals surface area contributed by atoms with E-state index < -0.39 is 12.1 Å². The van der Waals surface area contributed by atoms with Gasteiger partial charge in [-0.25, -0.2) is 4.99 Å². The fraction of sp³-hybridized carbons (Fsp3) is 0.600. The van der Waals surface area contributed by atoms with E-state index in [0.29, 0.717) is 5.92 Å². The highest BCUT2D eigenvalue weighted by Gasteiger charge is 2.35. The van der Waals surface area contributed by atoms with E-state index >= 15 is 0 Å². The monoisotopic (exact) mass is 428 g/mol. The van der Waals surface area contributed by atoms with Crippen molar-refractivity contribution in [1.82, 2.24) is 15.2 Å². The van der Waals surface area contributed by atoms with Crippen molar-refractivity contribution in [1.29, 1.82) is 0 Å². The number of nitrogens with zero attached hydrogens (tertiary/aromatic N) is 2. The first-order valence-electron chi connectivity index (χ1n) is 10.2. The number of nitrogens with two attached hydrogens (primary N) is 2. The molecule has 0 spiro atoms. The molecule has 1 aromatic heterocycles. The Morgan fingerprint density at radius 1 is 1.13 bits per heavy atom. The fourth-order valence-corrected chi connectivity index (χ4v) is 3.64. The Kier molecular flexibility index (Phi) is 8.76. The number of nitrogens with one attached hydrogen (secondary N) is 2. The topological polar surface area (TPSA) is 113 Å². The summed E-state index contributed by atoms with van der Waals surface area (Å²) in [4.78, 5) is 18.8. The van der Waals surface area contributed by atoms with Crippen LogP contribution in [0.25, 0.3) is 5.70 Å². The first-order valence-corrected chi connectivity index (χ1v) is 10.2. The summed E-state index contributed by atoms with van der Waals surface area (Å²) in [5, 5.41) is 3.20. The molecule has 4 rings (SSSR count). The van der Waals surface area contributed by atoms with Crippen LogP contribution in [-0.4, -0.2) is 48.4 Å². The van der Waals surface area contributed by atoms with Gasteiger partial charge in [0.1, 0.15) is 5.82 Å². The molecule has 1 amide bonds. The molecule has 30 heavy (non-hydrogen) atoms. The molecule has 1 aliphatic carbocycles. The number of carbonyl (C=O) groups excluding carboxylic acids is 1. The predicted octanol–water partition coefficient (Wildman–Crippen LogP) is 3.23. The Hall–Kier alpha value is -2.49. The molecule has 1 saturated carbocycles. The van der Waals surface area contributed by atoms with Gasteiger partial charge < -0.3 is 26.7 Å². The minimum absolute atomic E-state index is 0.528. The van der Waals surface area contributed by atoms with Crippen LogP contribution >= 0.6 is 0 Å². The Balaban J connectivity index is 0.000000204. The van der Waals surface area contributed by atoms with E-state index in [1.807, 2.05) is 12.3 Å². The lowest BCUT2D eigenvalue weighted by Gasteiger charge is -2.25. The molecule has 0 atom stereocenters. The maximum atomic E-state index is 10.7. The van der Waals surface area contributed by atoms with Crippen LogP contribution in [0, 0.1) is 5.92 Å². The van der Waals surface area contributed by atoms with E-state index in [9.17, 15) is 13.2 Å². The summed E-state index contributed by atoms with van der Waals surface area (Å²) in [7, 11) is 2.17. The van der Waals surface area contributed by atoms with Crippen LogP contribution in [0.1, 0.15) is 50.5 Å². The maximum Gasteiger partial charge on any atom is 0.470 e. The van der Waals surface area contributed by atoms with E-state index in [2.05, 4.69) is 33.0 Å². The summed E-state index contributed by atoms with van der Waals surface area (Å²) in [6.07, 6.45) is 7.96. The van der Waals surface area contributed by atoms with E-state index in [4.69, 9.17) is 10.5 Å². The standard InChI is InChI=1S/C13H18N4.C5H11N.C2H2F3NO/c14-11(9-4-2-1-3-5-9)12-10-6-7-15-13(10)17-8-16-12;1-6-4-2-3-5-6;3-2(4,5)1(6)7/h6-9,15H,1-5,14H2,(H,16,17);2-5H2,1H3;(H2,6,7)/b12-11-;;. The van der Waals surface area contributed by atoms with Crippen LogP contribution in [0.3, 0.4) is 0 Å². The number of aromatic amines is 1. The molecular formula is C20H31F3N6O. The molecule has 0 radical (unpaired) electrons. The van der Waals surface area contributed by atoms with Gasteiger partial charge in [-0.1, -0.05) is 19.3 Å². The third kappa shape index (κ3) is 7.08. The largest absolute Gasteiger partial charge is 0.470 e. The summed E-state index contributed by atoms with van der Waals surface area (Å²) in [6, 6.07) is 2.03. The Labute approximate surface area is 174 Å².